The zero-order valence-corrected chi connectivity index (χ0v) is 11.8. The molecule has 1 fully saturated rings. The molecule has 1 saturated heterocycles. The number of hydrogen-bond acceptors (Lipinski definition) is 4. The summed E-state index contributed by atoms with van der Waals surface area (Å²) in [5.74, 6) is -0.0179. The van der Waals surface area contributed by atoms with E-state index in [0.717, 1.165) is 5.75 Å². The van der Waals surface area contributed by atoms with E-state index < -0.39 is 5.97 Å². The van der Waals surface area contributed by atoms with Gasteiger partial charge in [-0.1, -0.05) is 0 Å². The van der Waals surface area contributed by atoms with Crippen molar-refractivity contribution in [2.24, 2.45) is 0 Å². The molecule has 0 atom stereocenters. The van der Waals surface area contributed by atoms with Gasteiger partial charge in [0.05, 0.1) is 11.8 Å². The van der Waals surface area contributed by atoms with Crippen molar-refractivity contribution in [1.82, 2.24) is 4.90 Å². The van der Waals surface area contributed by atoms with Gasteiger partial charge in [0.25, 0.3) is 5.91 Å². The number of carbonyl (C=O) groups excluding carboxylic acids is 1. The van der Waals surface area contributed by atoms with Crippen molar-refractivity contribution in [2.75, 3.05) is 18.8 Å². The highest BCUT2D eigenvalue weighted by Gasteiger charge is 2.31. The van der Waals surface area contributed by atoms with Crippen LogP contribution in [0.4, 0.5) is 0 Å². The van der Waals surface area contributed by atoms with Crippen LogP contribution in [0.5, 0.6) is 0 Å². The minimum Gasteiger partial charge on any atom is -0.481 e. The molecule has 0 saturated carbocycles. The number of carbonyl (C=O) groups is 2. The van der Waals surface area contributed by atoms with E-state index in [0.29, 0.717) is 18.7 Å². The lowest BCUT2D eigenvalue weighted by Crippen LogP contribution is -2.46. The van der Waals surface area contributed by atoms with Crippen molar-refractivity contribution in [3.8, 4) is 0 Å². The summed E-state index contributed by atoms with van der Waals surface area (Å²) in [5.41, 5.74) is 0.366. The van der Waals surface area contributed by atoms with Crippen LogP contribution >= 0.6 is 11.8 Å². The van der Waals surface area contributed by atoms with Crippen LogP contribution in [0.1, 0.15) is 30.0 Å². The molecular weight excluding hydrogens is 266 g/mol. The first-order valence-electron chi connectivity index (χ1n) is 6.10. The van der Waals surface area contributed by atoms with Gasteiger partial charge >= 0.3 is 5.97 Å². The van der Waals surface area contributed by atoms with Crippen molar-refractivity contribution in [3.05, 3.63) is 23.7 Å². The fraction of sp³-hybridized carbons (Fsp3) is 0.538. The number of amides is 1. The smallest absolute Gasteiger partial charge is 0.311 e. The third-order valence-corrected chi connectivity index (χ3v) is 4.30. The van der Waals surface area contributed by atoms with Crippen molar-refractivity contribution in [1.29, 1.82) is 0 Å². The van der Waals surface area contributed by atoms with E-state index in [2.05, 4.69) is 13.8 Å². The van der Waals surface area contributed by atoms with Gasteiger partial charge in [0, 0.05) is 23.6 Å². The van der Waals surface area contributed by atoms with E-state index in [-0.39, 0.29) is 22.8 Å². The largest absolute Gasteiger partial charge is 0.481 e. The van der Waals surface area contributed by atoms with Gasteiger partial charge in [0.1, 0.15) is 12.2 Å². The third kappa shape index (κ3) is 3.32. The lowest BCUT2D eigenvalue weighted by molar-refractivity contribution is -0.136. The minimum atomic E-state index is -1.00. The first-order valence-corrected chi connectivity index (χ1v) is 7.09. The molecule has 0 aromatic carbocycles. The standard InChI is InChI=1S/C13H17NO4S/c1-13(2)8-14(4-6-19-13)12(17)9-3-5-18-10(9)7-11(15)16/h3,5H,4,6-8H2,1-2H3,(H,15,16). The summed E-state index contributed by atoms with van der Waals surface area (Å²) in [6.45, 7) is 5.55. The predicted molar refractivity (Wildman–Crippen MR) is 72.5 cm³/mol. The molecule has 104 valence electrons. The molecule has 1 aromatic heterocycles. The average Bonchev–Trinajstić information content (AvgIpc) is 2.74. The van der Waals surface area contributed by atoms with E-state index in [4.69, 9.17) is 9.52 Å². The number of hydrogen-bond donors (Lipinski definition) is 1. The van der Waals surface area contributed by atoms with Crippen molar-refractivity contribution in [2.45, 2.75) is 25.0 Å². The molecule has 0 aliphatic carbocycles. The fourth-order valence-electron chi connectivity index (χ4n) is 2.17. The third-order valence-electron chi connectivity index (χ3n) is 3.00. The second-order valence-electron chi connectivity index (χ2n) is 5.16. The number of carboxylic acid groups (broad SMARTS) is 1. The summed E-state index contributed by atoms with van der Waals surface area (Å²) in [4.78, 5) is 24.9. The van der Waals surface area contributed by atoms with Gasteiger partial charge in [-0.2, -0.15) is 11.8 Å². The number of rotatable bonds is 3. The van der Waals surface area contributed by atoms with Crippen LogP contribution in [0.15, 0.2) is 16.7 Å². The summed E-state index contributed by atoms with van der Waals surface area (Å²) in [6, 6.07) is 1.55. The first kappa shape index (κ1) is 14.0. The van der Waals surface area contributed by atoms with Gasteiger partial charge in [-0.3, -0.25) is 9.59 Å². The minimum absolute atomic E-state index is 0.0323. The Morgan fingerprint density at radius 2 is 2.26 bits per heavy atom. The van der Waals surface area contributed by atoms with Crippen LogP contribution < -0.4 is 0 Å². The summed E-state index contributed by atoms with van der Waals surface area (Å²) < 4.78 is 5.14. The highest BCUT2D eigenvalue weighted by atomic mass is 32.2. The lowest BCUT2D eigenvalue weighted by atomic mass is 10.1. The molecule has 0 radical (unpaired) electrons. The maximum atomic E-state index is 12.4. The zero-order chi connectivity index (χ0) is 14.0. The SMILES string of the molecule is CC1(C)CN(C(=O)c2ccoc2CC(=O)O)CCS1. The second-order valence-corrected chi connectivity index (χ2v) is 6.96. The molecule has 1 aromatic rings. The van der Waals surface area contributed by atoms with Gasteiger partial charge in [0.2, 0.25) is 0 Å². The van der Waals surface area contributed by atoms with Crippen LogP contribution in [0.3, 0.4) is 0 Å². The van der Waals surface area contributed by atoms with Crippen molar-refractivity contribution >= 4 is 23.6 Å². The second kappa shape index (κ2) is 5.28. The van der Waals surface area contributed by atoms with Crippen molar-refractivity contribution in [3.63, 3.8) is 0 Å². The monoisotopic (exact) mass is 283 g/mol. The van der Waals surface area contributed by atoms with E-state index in [1.807, 2.05) is 11.8 Å². The number of thioether (sulfide) groups is 1. The highest BCUT2D eigenvalue weighted by molar-refractivity contribution is 8.00. The van der Waals surface area contributed by atoms with E-state index in [1.165, 1.54) is 6.26 Å². The van der Waals surface area contributed by atoms with Gasteiger partial charge in [-0.25, -0.2) is 0 Å². The molecule has 0 unspecified atom stereocenters. The molecule has 6 heteroatoms. The number of furan rings is 1. The zero-order valence-electron chi connectivity index (χ0n) is 11.0. The first-order chi connectivity index (χ1) is 8.89. The maximum Gasteiger partial charge on any atom is 0.311 e. The molecule has 1 aliphatic heterocycles. The van der Waals surface area contributed by atoms with Crippen LogP contribution in [0, 0.1) is 0 Å². The number of carboxylic acids is 1. The molecule has 0 bridgehead atoms. The molecular formula is C13H17NO4S. The molecule has 2 heterocycles. The number of nitrogens with zero attached hydrogens (tertiary/aromatic N) is 1. The van der Waals surface area contributed by atoms with E-state index >= 15 is 0 Å². The molecule has 0 spiro atoms. The Balaban J connectivity index is 2.15. The van der Waals surface area contributed by atoms with Crippen LogP contribution in [-0.2, 0) is 11.2 Å². The Morgan fingerprint density at radius 1 is 1.53 bits per heavy atom. The lowest BCUT2D eigenvalue weighted by Gasteiger charge is -2.37. The summed E-state index contributed by atoms with van der Waals surface area (Å²) in [7, 11) is 0. The van der Waals surface area contributed by atoms with Gasteiger partial charge in [-0.05, 0) is 19.9 Å². The average molecular weight is 283 g/mol. The Kier molecular flexibility index (Phi) is 3.89. The maximum absolute atomic E-state index is 12.4. The van der Waals surface area contributed by atoms with E-state index in [1.54, 1.807) is 11.0 Å². The molecule has 2 rings (SSSR count). The molecule has 5 nitrogen and oxygen atoms in total. The normalized spacial score (nSPS) is 18.3. The molecule has 19 heavy (non-hydrogen) atoms. The summed E-state index contributed by atoms with van der Waals surface area (Å²) in [6.07, 6.45) is 1.11. The summed E-state index contributed by atoms with van der Waals surface area (Å²) in [5, 5.41) is 8.80. The molecule has 1 N–H and O–H groups in total. The quantitative estimate of drug-likeness (QED) is 0.917. The summed E-state index contributed by atoms with van der Waals surface area (Å²) >= 11 is 1.84. The fourth-order valence-corrected chi connectivity index (χ4v) is 3.28. The highest BCUT2D eigenvalue weighted by Crippen LogP contribution is 2.30. The topological polar surface area (TPSA) is 70.8 Å². The Hall–Kier alpha value is -1.43. The molecule has 1 aliphatic rings. The van der Waals surface area contributed by atoms with E-state index in [9.17, 15) is 9.59 Å². The predicted octanol–water partition coefficient (Wildman–Crippen LogP) is 1.87. The number of aliphatic carboxylic acids is 1. The van der Waals surface area contributed by atoms with Gasteiger partial charge < -0.3 is 14.4 Å². The Bertz CT molecular complexity index is 495. The van der Waals surface area contributed by atoms with Crippen LogP contribution in [0.25, 0.3) is 0 Å². The molecule has 1 amide bonds. The van der Waals surface area contributed by atoms with Gasteiger partial charge in [0.15, 0.2) is 0 Å². The van der Waals surface area contributed by atoms with Crippen molar-refractivity contribution < 1.29 is 19.1 Å². The van der Waals surface area contributed by atoms with Crippen LogP contribution in [-0.4, -0.2) is 45.5 Å². The van der Waals surface area contributed by atoms with Crippen LogP contribution in [0.2, 0.25) is 0 Å². The Morgan fingerprint density at radius 3 is 2.89 bits per heavy atom. The van der Waals surface area contributed by atoms with Gasteiger partial charge in [-0.15, -0.1) is 0 Å². The Labute approximate surface area is 116 Å².